The zero-order chi connectivity index (χ0) is 14.9. The second kappa shape index (κ2) is 8.94. The van der Waals surface area contributed by atoms with Crippen molar-refractivity contribution in [1.29, 1.82) is 0 Å². The molecule has 0 rings (SSSR count). The van der Waals surface area contributed by atoms with E-state index in [-0.39, 0.29) is 17.2 Å². The highest BCUT2D eigenvalue weighted by molar-refractivity contribution is 5.77. The summed E-state index contributed by atoms with van der Waals surface area (Å²) in [6.45, 7) is 11.5. The fraction of sp³-hybridized carbons (Fsp3) is 0.867. The highest BCUT2D eigenvalue weighted by Gasteiger charge is 2.12. The summed E-state index contributed by atoms with van der Waals surface area (Å²) in [6, 6.07) is 0. The van der Waals surface area contributed by atoms with Crippen LogP contribution in [-0.2, 0) is 9.59 Å². The third kappa shape index (κ3) is 11.7. The van der Waals surface area contributed by atoms with Crippen LogP contribution in [0.5, 0.6) is 0 Å². The number of rotatable bonds is 8. The summed E-state index contributed by atoms with van der Waals surface area (Å²) in [7, 11) is 0. The number of carbonyl (C=O) groups excluding carboxylic acids is 2. The molecule has 0 fully saturated rings. The Hall–Kier alpha value is -1.06. The van der Waals surface area contributed by atoms with Crippen LogP contribution >= 0.6 is 0 Å². The Morgan fingerprint density at radius 3 is 2.05 bits per heavy atom. The summed E-state index contributed by atoms with van der Waals surface area (Å²) < 4.78 is 0. The highest BCUT2D eigenvalue weighted by atomic mass is 16.2. The van der Waals surface area contributed by atoms with Gasteiger partial charge in [-0.1, -0.05) is 41.0 Å². The minimum absolute atomic E-state index is 0.0612. The van der Waals surface area contributed by atoms with Gasteiger partial charge in [0.25, 0.3) is 0 Å². The lowest BCUT2D eigenvalue weighted by Crippen LogP contribution is -2.35. The fourth-order valence-corrected chi connectivity index (χ4v) is 1.51. The Morgan fingerprint density at radius 1 is 1.05 bits per heavy atom. The number of hydrogen-bond acceptors (Lipinski definition) is 2. The molecule has 19 heavy (non-hydrogen) atoms. The first-order valence-corrected chi connectivity index (χ1v) is 7.28. The molecule has 0 saturated heterocycles. The molecule has 2 N–H and O–H groups in total. The largest absolute Gasteiger partial charge is 0.354 e. The molecule has 0 saturated carbocycles. The van der Waals surface area contributed by atoms with Gasteiger partial charge in [-0.05, 0) is 17.8 Å². The summed E-state index contributed by atoms with van der Waals surface area (Å²) in [4.78, 5) is 23.0. The molecular weight excluding hydrogens is 240 g/mol. The van der Waals surface area contributed by atoms with Crippen molar-refractivity contribution in [1.82, 2.24) is 10.6 Å². The average Bonchev–Trinajstić information content (AvgIpc) is 2.31. The van der Waals surface area contributed by atoms with Crippen LogP contribution in [0.15, 0.2) is 0 Å². The lowest BCUT2D eigenvalue weighted by molar-refractivity contribution is -0.123. The van der Waals surface area contributed by atoms with Crippen LogP contribution in [0, 0.1) is 11.3 Å². The highest BCUT2D eigenvalue weighted by Crippen LogP contribution is 2.19. The molecule has 2 amide bonds. The molecule has 0 spiro atoms. The molecular formula is C15H30N2O2. The second-order valence-corrected chi connectivity index (χ2v) is 6.48. The zero-order valence-corrected chi connectivity index (χ0v) is 13.1. The monoisotopic (exact) mass is 270 g/mol. The van der Waals surface area contributed by atoms with Gasteiger partial charge in [-0.2, -0.15) is 0 Å². The van der Waals surface area contributed by atoms with E-state index in [1.807, 2.05) is 0 Å². The van der Waals surface area contributed by atoms with Crippen molar-refractivity contribution < 1.29 is 9.59 Å². The lowest BCUT2D eigenvalue weighted by atomic mass is 9.90. The number of carbonyl (C=O) groups is 2. The van der Waals surface area contributed by atoms with E-state index in [0.717, 1.165) is 12.8 Å². The molecule has 0 aliphatic heterocycles. The molecule has 1 unspecified atom stereocenters. The van der Waals surface area contributed by atoms with E-state index in [2.05, 4.69) is 45.3 Å². The van der Waals surface area contributed by atoms with Crippen molar-refractivity contribution in [2.45, 2.75) is 60.3 Å². The van der Waals surface area contributed by atoms with Gasteiger partial charge in [-0.3, -0.25) is 9.59 Å². The first kappa shape index (κ1) is 17.9. The van der Waals surface area contributed by atoms with Gasteiger partial charge in [0.05, 0.1) is 0 Å². The van der Waals surface area contributed by atoms with E-state index in [0.29, 0.717) is 31.8 Å². The topological polar surface area (TPSA) is 58.2 Å². The molecule has 0 bridgehead atoms. The van der Waals surface area contributed by atoms with E-state index in [1.54, 1.807) is 0 Å². The minimum atomic E-state index is 0.0612. The quantitative estimate of drug-likeness (QED) is 0.666. The molecule has 0 heterocycles. The van der Waals surface area contributed by atoms with Gasteiger partial charge < -0.3 is 10.6 Å². The first-order chi connectivity index (χ1) is 8.74. The SMILES string of the molecule is CCC(C)CC(=O)NCCNC(=O)CCC(C)(C)C. The van der Waals surface area contributed by atoms with Crippen molar-refractivity contribution in [2.24, 2.45) is 11.3 Å². The van der Waals surface area contributed by atoms with Crippen molar-refractivity contribution >= 4 is 11.8 Å². The number of amides is 2. The lowest BCUT2D eigenvalue weighted by Gasteiger charge is -2.17. The van der Waals surface area contributed by atoms with Gasteiger partial charge in [0, 0.05) is 25.9 Å². The summed E-state index contributed by atoms with van der Waals surface area (Å²) in [5.41, 5.74) is 0.182. The smallest absolute Gasteiger partial charge is 0.220 e. The van der Waals surface area contributed by atoms with Gasteiger partial charge in [0.1, 0.15) is 0 Å². The van der Waals surface area contributed by atoms with Crippen molar-refractivity contribution in [2.75, 3.05) is 13.1 Å². The van der Waals surface area contributed by atoms with Gasteiger partial charge in [0.15, 0.2) is 0 Å². The average molecular weight is 270 g/mol. The zero-order valence-electron chi connectivity index (χ0n) is 13.1. The Kier molecular flexibility index (Phi) is 8.44. The molecule has 4 nitrogen and oxygen atoms in total. The molecule has 0 aliphatic carbocycles. The predicted molar refractivity (Wildman–Crippen MR) is 78.8 cm³/mol. The Balaban J connectivity index is 3.58. The summed E-state index contributed by atoms with van der Waals surface area (Å²) in [5.74, 6) is 0.547. The molecule has 0 radical (unpaired) electrons. The minimum Gasteiger partial charge on any atom is -0.354 e. The van der Waals surface area contributed by atoms with Crippen LogP contribution in [0.4, 0.5) is 0 Å². The van der Waals surface area contributed by atoms with Gasteiger partial charge in [-0.25, -0.2) is 0 Å². The maximum Gasteiger partial charge on any atom is 0.220 e. The summed E-state index contributed by atoms with van der Waals surface area (Å²) >= 11 is 0. The van der Waals surface area contributed by atoms with E-state index in [1.165, 1.54) is 0 Å². The van der Waals surface area contributed by atoms with Gasteiger partial charge >= 0.3 is 0 Å². The van der Waals surface area contributed by atoms with E-state index in [9.17, 15) is 9.59 Å². The van der Waals surface area contributed by atoms with Crippen LogP contribution in [0.25, 0.3) is 0 Å². The summed E-state index contributed by atoms with van der Waals surface area (Å²) in [5, 5.41) is 5.65. The number of nitrogens with one attached hydrogen (secondary N) is 2. The molecule has 0 aromatic rings. The van der Waals surface area contributed by atoms with E-state index < -0.39 is 0 Å². The Labute approximate surface area is 117 Å². The van der Waals surface area contributed by atoms with Crippen LogP contribution in [0.3, 0.4) is 0 Å². The van der Waals surface area contributed by atoms with Crippen LogP contribution in [0.1, 0.15) is 60.3 Å². The molecule has 4 heteroatoms. The van der Waals surface area contributed by atoms with E-state index in [4.69, 9.17) is 0 Å². The fourth-order valence-electron chi connectivity index (χ4n) is 1.51. The standard InChI is InChI=1S/C15H30N2O2/c1-6-12(2)11-14(19)17-10-9-16-13(18)7-8-15(3,4)5/h12H,6-11H2,1-5H3,(H,16,18)(H,17,19). The van der Waals surface area contributed by atoms with E-state index >= 15 is 0 Å². The Bertz CT molecular complexity index is 282. The van der Waals surface area contributed by atoms with Crippen LogP contribution < -0.4 is 10.6 Å². The maximum atomic E-state index is 11.5. The van der Waals surface area contributed by atoms with Crippen molar-refractivity contribution in [3.63, 3.8) is 0 Å². The van der Waals surface area contributed by atoms with Crippen molar-refractivity contribution in [3.8, 4) is 0 Å². The summed E-state index contributed by atoms with van der Waals surface area (Å²) in [6.07, 6.45) is 2.99. The molecule has 0 aromatic carbocycles. The third-order valence-corrected chi connectivity index (χ3v) is 3.10. The molecule has 0 aromatic heterocycles. The van der Waals surface area contributed by atoms with Crippen LogP contribution in [-0.4, -0.2) is 24.9 Å². The van der Waals surface area contributed by atoms with Crippen molar-refractivity contribution in [3.05, 3.63) is 0 Å². The molecule has 0 aliphatic rings. The first-order valence-electron chi connectivity index (χ1n) is 7.28. The Morgan fingerprint density at radius 2 is 1.58 bits per heavy atom. The molecule has 1 atom stereocenters. The van der Waals surface area contributed by atoms with Crippen LogP contribution in [0.2, 0.25) is 0 Å². The predicted octanol–water partition coefficient (Wildman–Crippen LogP) is 2.48. The second-order valence-electron chi connectivity index (χ2n) is 6.48. The molecule has 112 valence electrons. The third-order valence-electron chi connectivity index (χ3n) is 3.10. The number of hydrogen-bond donors (Lipinski definition) is 2. The normalized spacial score (nSPS) is 12.9. The van der Waals surface area contributed by atoms with Gasteiger partial charge in [-0.15, -0.1) is 0 Å². The maximum absolute atomic E-state index is 11.5. The van der Waals surface area contributed by atoms with Gasteiger partial charge in [0.2, 0.25) is 11.8 Å².